The molecule has 33 heavy (non-hydrogen) atoms. The second-order valence-corrected chi connectivity index (χ2v) is 8.64. The van der Waals surface area contributed by atoms with Crippen LogP contribution in [-0.4, -0.2) is 78.5 Å². The van der Waals surface area contributed by atoms with E-state index in [2.05, 4.69) is 10.2 Å². The van der Waals surface area contributed by atoms with Gasteiger partial charge in [-0.25, -0.2) is 14.0 Å². The Balaban J connectivity index is 1.63. The smallest absolute Gasteiger partial charge is 0.338 e. The highest BCUT2D eigenvalue weighted by Crippen LogP contribution is 2.33. The first-order valence-corrected chi connectivity index (χ1v) is 11.7. The van der Waals surface area contributed by atoms with E-state index >= 15 is 0 Å². The van der Waals surface area contributed by atoms with E-state index in [1.807, 2.05) is 11.8 Å². The number of urea groups is 1. The number of rotatable bonds is 7. The molecule has 1 aromatic rings. The van der Waals surface area contributed by atoms with Crippen molar-refractivity contribution in [1.82, 2.24) is 20.0 Å². The molecule has 2 aliphatic heterocycles. The van der Waals surface area contributed by atoms with E-state index in [0.29, 0.717) is 56.1 Å². The van der Waals surface area contributed by atoms with Crippen molar-refractivity contribution in [3.05, 3.63) is 46.9 Å². The molecule has 0 unspecified atom stereocenters. The van der Waals surface area contributed by atoms with Gasteiger partial charge >= 0.3 is 12.0 Å². The Morgan fingerprint density at radius 3 is 2.48 bits per heavy atom. The van der Waals surface area contributed by atoms with Gasteiger partial charge < -0.3 is 15.0 Å². The maximum absolute atomic E-state index is 14.0. The van der Waals surface area contributed by atoms with Crippen molar-refractivity contribution in [2.75, 3.05) is 45.9 Å². The summed E-state index contributed by atoms with van der Waals surface area (Å²) in [4.78, 5) is 44.0. The number of nitrogens with one attached hydrogen (secondary N) is 1. The van der Waals surface area contributed by atoms with E-state index in [0.717, 1.165) is 12.8 Å². The molecule has 2 fully saturated rings. The molecule has 3 amide bonds. The zero-order chi connectivity index (χ0) is 23.5. The lowest BCUT2D eigenvalue weighted by molar-refractivity contribution is -0.139. The van der Waals surface area contributed by atoms with Crippen LogP contribution < -0.4 is 5.32 Å². The van der Waals surface area contributed by atoms with Gasteiger partial charge in [0.1, 0.15) is 5.82 Å². The highest BCUT2D eigenvalue weighted by Gasteiger charge is 2.39. The third-order valence-electron chi connectivity index (χ3n) is 6.42. The number of nitrogens with zero attached hydrogens (tertiary/aromatic N) is 3. The maximum atomic E-state index is 14.0. The SMILES string of the molecule is CCOC(=O)C1=C(CN2CCN(C(=O)C3CC3)CC2)N(CC)C(=O)N[C@@H]1c1cccc(F)c1. The second-order valence-electron chi connectivity index (χ2n) is 8.64. The van der Waals surface area contributed by atoms with Gasteiger partial charge in [-0.15, -0.1) is 0 Å². The number of halogens is 1. The average molecular weight is 459 g/mol. The monoisotopic (exact) mass is 458 g/mol. The lowest BCUT2D eigenvalue weighted by Gasteiger charge is -2.40. The Morgan fingerprint density at radius 1 is 1.15 bits per heavy atom. The Hall–Kier alpha value is -2.94. The fourth-order valence-corrected chi connectivity index (χ4v) is 4.52. The van der Waals surface area contributed by atoms with Gasteiger partial charge in [0.05, 0.1) is 18.2 Å². The first-order valence-electron chi connectivity index (χ1n) is 11.7. The number of hydrogen-bond acceptors (Lipinski definition) is 5. The molecule has 8 nitrogen and oxygen atoms in total. The summed E-state index contributed by atoms with van der Waals surface area (Å²) < 4.78 is 19.3. The van der Waals surface area contributed by atoms with Gasteiger partial charge in [-0.05, 0) is 44.4 Å². The van der Waals surface area contributed by atoms with Gasteiger partial charge in [-0.2, -0.15) is 0 Å². The molecule has 1 aromatic carbocycles. The van der Waals surface area contributed by atoms with E-state index in [4.69, 9.17) is 4.74 Å². The maximum Gasteiger partial charge on any atom is 0.338 e. The first-order chi connectivity index (χ1) is 15.9. The van der Waals surface area contributed by atoms with Crippen molar-refractivity contribution >= 4 is 17.9 Å². The van der Waals surface area contributed by atoms with Crippen LogP contribution in [0.15, 0.2) is 35.5 Å². The minimum Gasteiger partial charge on any atom is -0.463 e. The van der Waals surface area contributed by atoms with Crippen LogP contribution in [0.25, 0.3) is 0 Å². The van der Waals surface area contributed by atoms with E-state index in [1.54, 1.807) is 24.0 Å². The van der Waals surface area contributed by atoms with Crippen LogP contribution in [-0.2, 0) is 14.3 Å². The predicted molar refractivity (Wildman–Crippen MR) is 119 cm³/mol. The zero-order valence-electron chi connectivity index (χ0n) is 19.2. The number of carbonyl (C=O) groups is 3. The molecule has 1 saturated heterocycles. The molecule has 1 atom stereocenters. The zero-order valence-corrected chi connectivity index (χ0v) is 19.2. The van der Waals surface area contributed by atoms with Crippen LogP contribution in [0.5, 0.6) is 0 Å². The lowest BCUT2D eigenvalue weighted by Crippen LogP contribution is -2.54. The van der Waals surface area contributed by atoms with Crippen molar-refractivity contribution < 1.29 is 23.5 Å². The minimum absolute atomic E-state index is 0.188. The Kier molecular flexibility index (Phi) is 6.97. The Morgan fingerprint density at radius 2 is 1.88 bits per heavy atom. The highest BCUT2D eigenvalue weighted by molar-refractivity contribution is 5.95. The summed E-state index contributed by atoms with van der Waals surface area (Å²) in [5.41, 5.74) is 1.37. The van der Waals surface area contributed by atoms with Gasteiger partial charge in [0.25, 0.3) is 0 Å². The summed E-state index contributed by atoms with van der Waals surface area (Å²) >= 11 is 0. The Bertz CT molecular complexity index is 954. The van der Waals surface area contributed by atoms with Crippen LogP contribution in [0.4, 0.5) is 9.18 Å². The number of ether oxygens (including phenoxy) is 1. The molecule has 0 aromatic heterocycles. The van der Waals surface area contributed by atoms with Crippen molar-refractivity contribution in [3.63, 3.8) is 0 Å². The molecular weight excluding hydrogens is 427 g/mol. The highest BCUT2D eigenvalue weighted by atomic mass is 19.1. The van der Waals surface area contributed by atoms with Gasteiger partial charge in [-0.1, -0.05) is 12.1 Å². The number of piperazine rings is 1. The summed E-state index contributed by atoms with van der Waals surface area (Å²) in [7, 11) is 0. The largest absolute Gasteiger partial charge is 0.463 e. The molecular formula is C24H31FN4O4. The van der Waals surface area contributed by atoms with Gasteiger partial charge in [0.15, 0.2) is 0 Å². The standard InChI is InChI=1S/C24H31FN4O4/c1-3-29-19(15-27-10-12-28(13-11-27)22(30)16-8-9-16)20(23(31)33-4-2)21(26-24(29)32)17-6-5-7-18(25)14-17/h5-7,14,16,21H,3-4,8-13,15H2,1-2H3,(H,26,32)/t21-/m1/s1. The minimum atomic E-state index is -0.803. The quantitative estimate of drug-likeness (QED) is 0.634. The summed E-state index contributed by atoms with van der Waals surface area (Å²) in [5, 5.41) is 2.85. The number of esters is 1. The van der Waals surface area contributed by atoms with E-state index in [9.17, 15) is 18.8 Å². The lowest BCUT2D eigenvalue weighted by atomic mass is 9.94. The van der Waals surface area contributed by atoms with Crippen LogP contribution in [0.2, 0.25) is 0 Å². The topological polar surface area (TPSA) is 82.2 Å². The first kappa shape index (κ1) is 23.2. The van der Waals surface area contributed by atoms with Gasteiger partial charge in [0.2, 0.25) is 5.91 Å². The molecule has 0 radical (unpaired) electrons. The van der Waals surface area contributed by atoms with E-state index < -0.39 is 17.8 Å². The summed E-state index contributed by atoms with van der Waals surface area (Å²) in [6.07, 6.45) is 1.97. The van der Waals surface area contributed by atoms with Crippen LogP contribution in [0.1, 0.15) is 38.3 Å². The Labute approximate surface area is 193 Å². The normalized spacial score (nSPS) is 21.8. The summed E-state index contributed by atoms with van der Waals surface area (Å²) in [5.74, 6) is -0.539. The van der Waals surface area contributed by atoms with E-state index in [-0.39, 0.29) is 24.5 Å². The van der Waals surface area contributed by atoms with Crippen molar-refractivity contribution in [3.8, 4) is 0 Å². The van der Waals surface area contributed by atoms with Crippen LogP contribution in [0.3, 0.4) is 0 Å². The van der Waals surface area contributed by atoms with E-state index in [1.165, 1.54) is 12.1 Å². The molecule has 9 heteroatoms. The molecule has 178 valence electrons. The number of likely N-dealkylation sites (N-methyl/N-ethyl adjacent to an activating group) is 1. The summed E-state index contributed by atoms with van der Waals surface area (Å²) in [6, 6.07) is 4.76. The van der Waals surface area contributed by atoms with Crippen molar-refractivity contribution in [2.24, 2.45) is 5.92 Å². The fraction of sp³-hybridized carbons (Fsp3) is 0.542. The molecule has 3 aliphatic rings. The number of amides is 3. The average Bonchev–Trinajstić information content (AvgIpc) is 3.64. The molecule has 1 N–H and O–H groups in total. The summed E-state index contributed by atoms with van der Waals surface area (Å²) in [6.45, 7) is 7.07. The molecule has 0 spiro atoms. The van der Waals surface area contributed by atoms with Crippen LogP contribution >= 0.6 is 0 Å². The number of carbonyl (C=O) groups excluding carboxylic acids is 3. The van der Waals surface area contributed by atoms with Crippen LogP contribution in [0, 0.1) is 11.7 Å². The number of hydrogen-bond donors (Lipinski definition) is 1. The molecule has 1 saturated carbocycles. The van der Waals surface area contributed by atoms with Crippen molar-refractivity contribution in [2.45, 2.75) is 32.7 Å². The molecule has 2 heterocycles. The van der Waals surface area contributed by atoms with Crippen molar-refractivity contribution in [1.29, 1.82) is 0 Å². The number of benzene rings is 1. The molecule has 1 aliphatic carbocycles. The predicted octanol–water partition coefficient (Wildman–Crippen LogP) is 2.28. The molecule has 0 bridgehead atoms. The van der Waals surface area contributed by atoms with Gasteiger partial charge in [0, 0.05) is 50.9 Å². The van der Waals surface area contributed by atoms with Gasteiger partial charge in [-0.3, -0.25) is 14.6 Å². The molecule has 4 rings (SSSR count). The third-order valence-corrected chi connectivity index (χ3v) is 6.42. The second kappa shape index (κ2) is 9.91. The fourth-order valence-electron chi connectivity index (χ4n) is 4.52. The third kappa shape index (κ3) is 5.03.